The number of nitrogens with one attached hydrogen (secondary N) is 1. The molecular weight excluding hydrogens is 386 g/mol. The molecule has 8 nitrogen and oxygen atoms in total. The highest BCUT2D eigenvalue weighted by molar-refractivity contribution is 5.99. The van der Waals surface area contributed by atoms with Gasteiger partial charge in [0.1, 0.15) is 12.4 Å². The largest absolute Gasteiger partial charge is 0.497 e. The monoisotopic (exact) mass is 407 g/mol. The predicted molar refractivity (Wildman–Crippen MR) is 108 cm³/mol. The third kappa shape index (κ3) is 3.90. The van der Waals surface area contributed by atoms with E-state index in [0.717, 1.165) is 22.3 Å². The van der Waals surface area contributed by atoms with Gasteiger partial charge >= 0.3 is 5.97 Å². The van der Waals surface area contributed by atoms with Crippen molar-refractivity contribution in [2.45, 2.75) is 12.6 Å². The smallest absolute Gasteiger partial charge is 0.329 e. The molecular formula is C22H21N3O5. The van der Waals surface area contributed by atoms with Gasteiger partial charge in [0.15, 0.2) is 0 Å². The Morgan fingerprint density at radius 1 is 1.27 bits per heavy atom. The van der Waals surface area contributed by atoms with Crippen LogP contribution in [0.15, 0.2) is 54.9 Å². The lowest BCUT2D eigenvalue weighted by Crippen LogP contribution is -2.32. The van der Waals surface area contributed by atoms with Crippen LogP contribution in [0.25, 0.3) is 11.1 Å². The Kier molecular flexibility index (Phi) is 5.49. The normalized spacial score (nSPS) is 13.9. The van der Waals surface area contributed by atoms with E-state index < -0.39 is 18.6 Å². The first-order valence-corrected chi connectivity index (χ1v) is 9.43. The zero-order valence-corrected chi connectivity index (χ0v) is 16.4. The third-order valence-corrected chi connectivity index (χ3v) is 5.13. The Balaban J connectivity index is 1.64. The maximum absolute atomic E-state index is 13.3. The summed E-state index contributed by atoms with van der Waals surface area (Å²) in [7, 11) is 1.57. The van der Waals surface area contributed by atoms with Crippen molar-refractivity contribution in [1.29, 1.82) is 0 Å². The molecule has 0 saturated carbocycles. The van der Waals surface area contributed by atoms with E-state index in [4.69, 9.17) is 14.6 Å². The van der Waals surface area contributed by atoms with Gasteiger partial charge in [-0.2, -0.15) is 5.10 Å². The fraction of sp³-hybridized carbons (Fsp3) is 0.227. The number of aliphatic carboxylic acids is 1. The first-order chi connectivity index (χ1) is 14.6. The Hall–Kier alpha value is -3.65. The summed E-state index contributed by atoms with van der Waals surface area (Å²) in [5.41, 5.74) is 4.16. The van der Waals surface area contributed by atoms with Crippen molar-refractivity contribution in [3.8, 4) is 16.9 Å². The summed E-state index contributed by atoms with van der Waals surface area (Å²) in [4.78, 5) is 25.9. The van der Waals surface area contributed by atoms with Gasteiger partial charge in [-0.15, -0.1) is 0 Å². The van der Waals surface area contributed by atoms with Gasteiger partial charge < -0.3 is 19.5 Å². The van der Waals surface area contributed by atoms with E-state index in [-0.39, 0.29) is 12.5 Å². The van der Waals surface area contributed by atoms with Gasteiger partial charge in [0.05, 0.1) is 26.0 Å². The first kappa shape index (κ1) is 19.7. The number of fused-ring (bicyclic) bond motifs is 1. The van der Waals surface area contributed by atoms with Gasteiger partial charge in [0.2, 0.25) is 0 Å². The van der Waals surface area contributed by atoms with Crippen LogP contribution in [0.5, 0.6) is 5.75 Å². The number of H-pyrrole nitrogens is 1. The fourth-order valence-electron chi connectivity index (χ4n) is 3.64. The number of carboxylic acids is 1. The SMILES string of the molecule is COc1cccc(C(COCC(=O)O)N2Cc3ccc(-c4cn[nH]c4)cc3C2=O)c1. The van der Waals surface area contributed by atoms with Crippen molar-refractivity contribution in [3.05, 3.63) is 71.5 Å². The minimum Gasteiger partial charge on any atom is -0.497 e. The molecule has 2 aromatic carbocycles. The zero-order chi connectivity index (χ0) is 21.1. The molecule has 30 heavy (non-hydrogen) atoms. The number of amides is 1. The molecule has 8 heteroatoms. The summed E-state index contributed by atoms with van der Waals surface area (Å²) in [6, 6.07) is 12.7. The van der Waals surface area contributed by atoms with Gasteiger partial charge in [-0.3, -0.25) is 9.89 Å². The summed E-state index contributed by atoms with van der Waals surface area (Å²) in [5.74, 6) is -0.524. The molecule has 1 amide bonds. The number of hydrogen-bond donors (Lipinski definition) is 2. The van der Waals surface area contributed by atoms with E-state index in [1.165, 1.54) is 0 Å². The highest BCUT2D eigenvalue weighted by Crippen LogP contribution is 2.34. The van der Waals surface area contributed by atoms with Crippen molar-refractivity contribution in [3.63, 3.8) is 0 Å². The molecule has 2 N–H and O–H groups in total. The van der Waals surface area contributed by atoms with E-state index in [2.05, 4.69) is 10.2 Å². The molecule has 1 unspecified atom stereocenters. The molecule has 0 aliphatic carbocycles. The summed E-state index contributed by atoms with van der Waals surface area (Å²) in [6.45, 7) is 0.0476. The molecule has 0 saturated heterocycles. The van der Waals surface area contributed by atoms with Crippen LogP contribution >= 0.6 is 0 Å². The number of methoxy groups -OCH3 is 1. The second kappa shape index (κ2) is 8.38. The fourth-order valence-corrected chi connectivity index (χ4v) is 3.64. The highest BCUT2D eigenvalue weighted by atomic mass is 16.5. The molecule has 0 spiro atoms. The third-order valence-electron chi connectivity index (χ3n) is 5.13. The second-order valence-electron chi connectivity index (χ2n) is 6.99. The maximum Gasteiger partial charge on any atom is 0.329 e. The predicted octanol–water partition coefficient (Wildman–Crippen LogP) is 2.88. The standard InChI is InChI=1S/C22H21N3O5/c1-29-18-4-2-3-15(7-18)20(12-30-13-21(26)27)25-11-16-6-5-14(8-19(16)22(25)28)17-9-23-24-10-17/h2-10,20H,11-13H2,1H3,(H,23,24)(H,26,27). The molecule has 1 atom stereocenters. The van der Waals surface area contributed by atoms with Crippen molar-refractivity contribution in [2.24, 2.45) is 0 Å². The lowest BCUT2D eigenvalue weighted by atomic mass is 10.0. The number of hydrogen-bond acceptors (Lipinski definition) is 5. The lowest BCUT2D eigenvalue weighted by Gasteiger charge is -2.28. The summed E-state index contributed by atoms with van der Waals surface area (Å²) < 4.78 is 10.7. The zero-order valence-electron chi connectivity index (χ0n) is 16.4. The number of nitrogens with zero attached hydrogens (tertiary/aromatic N) is 2. The Morgan fingerprint density at radius 3 is 2.87 bits per heavy atom. The summed E-state index contributed by atoms with van der Waals surface area (Å²) in [5, 5.41) is 15.7. The molecule has 4 rings (SSSR count). The minimum absolute atomic E-state index is 0.0633. The Morgan fingerprint density at radius 2 is 2.13 bits per heavy atom. The molecule has 154 valence electrons. The van der Waals surface area contributed by atoms with Gasteiger partial charge in [0.25, 0.3) is 5.91 Å². The van der Waals surface area contributed by atoms with Crippen LogP contribution in [-0.4, -0.2) is 52.4 Å². The van der Waals surface area contributed by atoms with Crippen molar-refractivity contribution >= 4 is 11.9 Å². The average molecular weight is 407 g/mol. The van der Waals surface area contributed by atoms with E-state index in [1.807, 2.05) is 42.5 Å². The van der Waals surface area contributed by atoms with Crippen LogP contribution in [0.1, 0.15) is 27.5 Å². The summed E-state index contributed by atoms with van der Waals surface area (Å²) in [6.07, 6.45) is 3.48. The molecule has 2 heterocycles. The Bertz CT molecular complexity index is 1060. The molecule has 0 radical (unpaired) electrons. The van der Waals surface area contributed by atoms with E-state index in [0.29, 0.717) is 17.9 Å². The van der Waals surface area contributed by atoms with Gasteiger partial charge in [-0.05, 0) is 34.9 Å². The number of benzene rings is 2. The molecule has 1 aliphatic heterocycles. The van der Waals surface area contributed by atoms with Crippen LogP contribution in [0.2, 0.25) is 0 Å². The molecule has 0 bridgehead atoms. The van der Waals surface area contributed by atoms with E-state index in [1.54, 1.807) is 24.4 Å². The van der Waals surface area contributed by atoms with Crippen molar-refractivity contribution in [2.75, 3.05) is 20.3 Å². The molecule has 1 aromatic heterocycles. The number of carbonyl (C=O) groups is 2. The first-order valence-electron chi connectivity index (χ1n) is 9.43. The van der Waals surface area contributed by atoms with Crippen LogP contribution in [-0.2, 0) is 16.1 Å². The minimum atomic E-state index is -1.06. The maximum atomic E-state index is 13.3. The number of aromatic nitrogens is 2. The Labute approximate surface area is 173 Å². The van der Waals surface area contributed by atoms with E-state index in [9.17, 15) is 9.59 Å². The topological polar surface area (TPSA) is 105 Å². The van der Waals surface area contributed by atoms with Crippen molar-refractivity contribution in [1.82, 2.24) is 15.1 Å². The lowest BCUT2D eigenvalue weighted by molar-refractivity contribution is -0.142. The molecule has 1 aliphatic rings. The van der Waals surface area contributed by atoms with Gasteiger partial charge in [0, 0.05) is 23.9 Å². The van der Waals surface area contributed by atoms with Crippen LogP contribution in [0.4, 0.5) is 0 Å². The second-order valence-corrected chi connectivity index (χ2v) is 6.99. The van der Waals surface area contributed by atoms with Crippen molar-refractivity contribution < 1.29 is 24.2 Å². The number of ether oxygens (including phenoxy) is 2. The number of aromatic amines is 1. The van der Waals surface area contributed by atoms with Gasteiger partial charge in [-0.1, -0.05) is 24.3 Å². The number of carbonyl (C=O) groups excluding carboxylic acids is 1. The summed E-state index contributed by atoms with van der Waals surface area (Å²) >= 11 is 0. The molecule has 0 fully saturated rings. The molecule has 3 aromatic rings. The van der Waals surface area contributed by atoms with Gasteiger partial charge in [-0.25, -0.2) is 4.79 Å². The quantitative estimate of drug-likeness (QED) is 0.595. The highest BCUT2D eigenvalue weighted by Gasteiger charge is 2.34. The van der Waals surface area contributed by atoms with E-state index >= 15 is 0 Å². The number of rotatable bonds is 8. The average Bonchev–Trinajstić information content (AvgIpc) is 3.40. The van der Waals surface area contributed by atoms with Crippen LogP contribution in [0, 0.1) is 0 Å². The number of carboxylic acid groups (broad SMARTS) is 1. The van der Waals surface area contributed by atoms with Crippen LogP contribution < -0.4 is 4.74 Å². The van der Waals surface area contributed by atoms with Crippen LogP contribution in [0.3, 0.4) is 0 Å².